The molecule has 2 atom stereocenters. The highest BCUT2D eigenvalue weighted by Crippen LogP contribution is 2.10. The third-order valence-corrected chi connectivity index (χ3v) is 8.67. The molecule has 0 aromatic heterocycles. The van der Waals surface area contributed by atoms with E-state index in [0.29, 0.717) is 49.2 Å². The van der Waals surface area contributed by atoms with Crippen LogP contribution in [0, 0.1) is 13.8 Å². The maximum atomic E-state index is 10.4. The molecule has 2 unspecified atom stereocenters. The Kier molecular flexibility index (Phi) is 26.7. The monoisotopic (exact) mass is 765 g/mol. The standard InChI is InChI=1S/C8H19ClNO3.2C7H8O3S.C5H13NO2.C3H5ClO/c1-10(2-4-11,3-5-12)7-8(13)6-9;2*1-6-2-4-7(5-3-6)11(8,9)10;1-6(2-4-7)3-5-8;4-1-3-2-5-3/h8,11-13H,2-7H2,1H3;2*2-5H,1H3,(H,8,9,10);7-8H,2-5H2,1H3;3H,1-2H2/q+1;;;;/p-2. The fraction of sp³-hybridized carbons (Fsp3) is 0.600. The molecule has 0 saturated carbocycles. The van der Waals surface area contributed by atoms with Gasteiger partial charge in [0.15, 0.2) is 0 Å². The van der Waals surface area contributed by atoms with Gasteiger partial charge in [-0.15, -0.1) is 23.2 Å². The lowest BCUT2D eigenvalue weighted by atomic mass is 10.2. The van der Waals surface area contributed by atoms with Gasteiger partial charge in [-0.05, 0) is 45.2 Å². The molecule has 5 N–H and O–H groups in total. The van der Waals surface area contributed by atoms with E-state index in [1.807, 2.05) is 32.8 Å². The molecule has 1 saturated heterocycles. The first-order valence-electron chi connectivity index (χ1n) is 14.7. The second kappa shape index (κ2) is 26.3. The van der Waals surface area contributed by atoms with Crippen LogP contribution in [0.5, 0.6) is 0 Å². The smallest absolute Gasteiger partial charge is 0.124 e. The molecule has 0 amide bonds. The predicted molar refractivity (Wildman–Crippen MR) is 182 cm³/mol. The van der Waals surface area contributed by atoms with Gasteiger partial charge < -0.3 is 48.8 Å². The van der Waals surface area contributed by atoms with Gasteiger partial charge in [-0.3, -0.25) is 0 Å². The van der Waals surface area contributed by atoms with Crippen molar-refractivity contribution in [2.75, 3.05) is 91.6 Å². The molecule has 0 spiro atoms. The van der Waals surface area contributed by atoms with Gasteiger partial charge in [0.2, 0.25) is 0 Å². The Balaban J connectivity index is 0. The van der Waals surface area contributed by atoms with Crippen LogP contribution in [0.3, 0.4) is 0 Å². The second-order valence-corrected chi connectivity index (χ2v) is 14.3. The van der Waals surface area contributed by atoms with E-state index in [1.165, 1.54) is 24.3 Å². The zero-order valence-corrected chi connectivity index (χ0v) is 31.0. The number of ether oxygens (including phenoxy) is 1. The fourth-order valence-corrected chi connectivity index (χ4v) is 4.57. The van der Waals surface area contributed by atoms with E-state index in [1.54, 1.807) is 24.3 Å². The first-order valence-corrected chi connectivity index (χ1v) is 18.6. The predicted octanol–water partition coefficient (Wildman–Crippen LogP) is 0.342. The number of benzene rings is 2. The summed E-state index contributed by atoms with van der Waals surface area (Å²) >= 11 is 10.7. The number of hydrogen-bond acceptors (Lipinski definition) is 13. The van der Waals surface area contributed by atoms with E-state index in [-0.39, 0.29) is 42.1 Å². The van der Waals surface area contributed by atoms with Gasteiger partial charge in [0, 0.05) is 13.1 Å². The summed E-state index contributed by atoms with van der Waals surface area (Å²) in [7, 11) is -4.81. The lowest BCUT2D eigenvalue weighted by Gasteiger charge is -2.34. The van der Waals surface area contributed by atoms with Gasteiger partial charge in [-0.25, -0.2) is 16.8 Å². The molecule has 2 aromatic rings. The molecule has 1 heterocycles. The quantitative estimate of drug-likeness (QED) is 0.0757. The third-order valence-electron chi connectivity index (χ3n) is 6.27. The average Bonchev–Trinajstić information content (AvgIpc) is 3.84. The molecule has 14 nitrogen and oxygen atoms in total. The van der Waals surface area contributed by atoms with Gasteiger partial charge in [0.05, 0.1) is 67.7 Å². The minimum atomic E-state index is -4.27. The Hall–Kier alpha value is -1.48. The number of halogens is 2. The normalized spacial score (nSPS) is 14.5. The van der Waals surface area contributed by atoms with Crippen molar-refractivity contribution < 1.29 is 60.7 Å². The van der Waals surface area contributed by atoms with Crippen LogP contribution in [-0.2, 0) is 25.0 Å². The lowest BCUT2D eigenvalue weighted by Crippen LogP contribution is -2.52. The van der Waals surface area contributed by atoms with Crippen molar-refractivity contribution in [2.24, 2.45) is 0 Å². The summed E-state index contributed by atoms with van der Waals surface area (Å²) in [6, 6.07) is 11.6. The van der Waals surface area contributed by atoms with E-state index in [9.17, 15) is 31.0 Å². The summed E-state index contributed by atoms with van der Waals surface area (Å²) in [6.07, 6.45) is -0.179. The number of quaternary nitrogens is 1. The van der Waals surface area contributed by atoms with Gasteiger partial charge in [0.1, 0.15) is 46.0 Å². The summed E-state index contributed by atoms with van der Waals surface area (Å²) in [5.74, 6) is 0.852. The van der Waals surface area contributed by atoms with Crippen molar-refractivity contribution in [3.8, 4) is 0 Å². The Labute approximate surface area is 295 Å². The summed E-state index contributed by atoms with van der Waals surface area (Å²) < 4.78 is 67.5. The summed E-state index contributed by atoms with van der Waals surface area (Å²) in [5.41, 5.74) is 1.86. The van der Waals surface area contributed by atoms with Crippen molar-refractivity contribution in [1.82, 2.24) is 4.90 Å². The molecule has 280 valence electrons. The van der Waals surface area contributed by atoms with Crippen LogP contribution in [0.4, 0.5) is 0 Å². The molecule has 3 rings (SSSR count). The van der Waals surface area contributed by atoms with Crippen LogP contribution < -0.4 is 0 Å². The van der Waals surface area contributed by atoms with E-state index < -0.39 is 26.3 Å². The van der Waals surface area contributed by atoms with Gasteiger partial charge in [0.25, 0.3) is 0 Å². The highest BCUT2D eigenvalue weighted by molar-refractivity contribution is 7.86. The van der Waals surface area contributed by atoms with Crippen molar-refractivity contribution in [3.05, 3.63) is 59.7 Å². The number of alkyl halides is 2. The highest BCUT2D eigenvalue weighted by atomic mass is 35.5. The van der Waals surface area contributed by atoms with E-state index >= 15 is 0 Å². The molecule has 0 bridgehead atoms. The van der Waals surface area contributed by atoms with Crippen LogP contribution in [0.25, 0.3) is 0 Å². The van der Waals surface area contributed by atoms with Crippen molar-refractivity contribution in [1.29, 1.82) is 0 Å². The molecular formula is C30H51Cl2N2O12S2-. The Morgan fingerprint density at radius 3 is 1.38 bits per heavy atom. The fourth-order valence-electron chi connectivity index (χ4n) is 3.36. The Bertz CT molecular complexity index is 1210. The number of hydrogen-bond donors (Lipinski definition) is 5. The topological polar surface area (TPSA) is 231 Å². The summed E-state index contributed by atoms with van der Waals surface area (Å²) in [5, 5.41) is 43.6. The van der Waals surface area contributed by atoms with Crippen LogP contribution in [0.15, 0.2) is 58.3 Å². The molecular weight excluding hydrogens is 715 g/mol. The highest BCUT2D eigenvalue weighted by Gasteiger charge is 2.24. The summed E-state index contributed by atoms with van der Waals surface area (Å²) in [6.45, 7) is 7.73. The average molecular weight is 767 g/mol. The maximum absolute atomic E-state index is 10.4. The number of epoxide rings is 1. The molecule has 1 aliphatic heterocycles. The number of nitrogens with zero attached hydrogens (tertiary/aromatic N) is 2. The van der Waals surface area contributed by atoms with Crippen LogP contribution in [0.2, 0.25) is 0 Å². The van der Waals surface area contributed by atoms with E-state index in [2.05, 4.69) is 0 Å². The molecule has 48 heavy (non-hydrogen) atoms. The van der Waals surface area contributed by atoms with Crippen LogP contribution >= 0.6 is 23.2 Å². The van der Waals surface area contributed by atoms with E-state index in [0.717, 1.165) is 17.7 Å². The first-order chi connectivity index (χ1) is 22.3. The Morgan fingerprint density at radius 2 is 1.17 bits per heavy atom. The van der Waals surface area contributed by atoms with Crippen LogP contribution in [-0.4, -0.2) is 165 Å². The minimum Gasteiger partial charge on any atom is -0.744 e. The van der Waals surface area contributed by atoms with Crippen LogP contribution in [0.1, 0.15) is 11.1 Å². The Morgan fingerprint density at radius 1 is 0.812 bits per heavy atom. The third kappa shape index (κ3) is 26.4. The zero-order chi connectivity index (χ0) is 37.4. The number of aliphatic hydroxyl groups excluding tert-OH is 5. The molecule has 1 aliphatic rings. The van der Waals surface area contributed by atoms with Gasteiger partial charge >= 0.3 is 0 Å². The molecule has 0 radical (unpaired) electrons. The lowest BCUT2D eigenvalue weighted by molar-refractivity contribution is -0.912. The number of likely N-dealkylation sites (N-methyl/N-ethyl adjacent to an activating group) is 2. The largest absolute Gasteiger partial charge is 0.744 e. The number of aryl methyl sites for hydroxylation is 2. The zero-order valence-electron chi connectivity index (χ0n) is 27.8. The number of aliphatic hydroxyl groups is 5. The maximum Gasteiger partial charge on any atom is 0.124 e. The molecule has 1 fully saturated rings. The van der Waals surface area contributed by atoms with Gasteiger partial charge in [-0.1, -0.05) is 35.4 Å². The molecule has 2 aromatic carbocycles. The molecule has 0 aliphatic carbocycles. The van der Waals surface area contributed by atoms with Crippen molar-refractivity contribution in [2.45, 2.75) is 35.8 Å². The van der Waals surface area contributed by atoms with E-state index in [4.69, 9.17) is 48.4 Å². The SMILES string of the molecule is CN(CCO)CCO.C[N+](CCO)(CCO)CC(O)CCl.Cc1ccc(S(=O)(=O)[O-])cc1.Cc1ccc(S(=O)(=O)[O-])cc1.ClCC1CO1. The number of rotatable bonds is 14. The summed E-state index contributed by atoms with van der Waals surface area (Å²) in [4.78, 5) is 1.51. The van der Waals surface area contributed by atoms with Crippen molar-refractivity contribution >= 4 is 43.4 Å². The van der Waals surface area contributed by atoms with Crippen molar-refractivity contribution in [3.63, 3.8) is 0 Å². The second-order valence-electron chi connectivity index (χ2n) is 10.9. The van der Waals surface area contributed by atoms with Gasteiger partial charge in [-0.2, -0.15) is 0 Å². The first kappa shape index (κ1) is 48.6. The minimum absolute atomic E-state index is 0.0471. The molecule has 18 heteroatoms.